The van der Waals surface area contributed by atoms with E-state index < -0.39 is 0 Å². The molecule has 1 saturated heterocycles. The Kier molecular flexibility index (Phi) is 4.18. The van der Waals surface area contributed by atoms with Gasteiger partial charge in [0, 0.05) is 25.3 Å². The monoisotopic (exact) mass is 298 g/mol. The van der Waals surface area contributed by atoms with Crippen molar-refractivity contribution in [3.8, 4) is 0 Å². The van der Waals surface area contributed by atoms with E-state index in [2.05, 4.69) is 42.3 Å². The number of carbonyl (C=O) groups is 1. The van der Waals surface area contributed by atoms with Gasteiger partial charge >= 0.3 is 0 Å². The van der Waals surface area contributed by atoms with E-state index >= 15 is 0 Å². The summed E-state index contributed by atoms with van der Waals surface area (Å²) in [6.07, 6.45) is 2.62. The highest BCUT2D eigenvalue weighted by molar-refractivity contribution is 5.91. The van der Waals surface area contributed by atoms with E-state index in [4.69, 9.17) is 4.42 Å². The molecule has 1 N–H and O–H groups in total. The van der Waals surface area contributed by atoms with Crippen molar-refractivity contribution >= 4 is 11.6 Å². The minimum atomic E-state index is -0.130. The van der Waals surface area contributed by atoms with Crippen molar-refractivity contribution in [2.45, 2.75) is 20.3 Å². The molecule has 0 aliphatic carbocycles. The standard InChI is InChI=1S/C18H22N2O2/c1-13-5-6-16(10-14(13)2)20-8-7-15(12-20)11-19-18(21)17-4-3-9-22-17/h3-6,9-10,15H,7-8,11-12H2,1-2H3,(H,19,21). The third-order valence-electron chi connectivity index (χ3n) is 4.44. The third kappa shape index (κ3) is 3.16. The lowest BCUT2D eigenvalue weighted by Crippen LogP contribution is -2.30. The Balaban J connectivity index is 1.54. The summed E-state index contributed by atoms with van der Waals surface area (Å²) in [7, 11) is 0. The SMILES string of the molecule is Cc1ccc(N2CCC(CNC(=O)c3ccco3)C2)cc1C. The fraction of sp³-hybridized carbons (Fsp3) is 0.389. The van der Waals surface area contributed by atoms with Gasteiger partial charge < -0.3 is 14.6 Å². The Morgan fingerprint density at radius 3 is 2.91 bits per heavy atom. The molecular weight excluding hydrogens is 276 g/mol. The zero-order chi connectivity index (χ0) is 15.5. The summed E-state index contributed by atoms with van der Waals surface area (Å²) >= 11 is 0. The van der Waals surface area contributed by atoms with Crippen molar-refractivity contribution in [1.29, 1.82) is 0 Å². The van der Waals surface area contributed by atoms with Gasteiger partial charge in [0.25, 0.3) is 5.91 Å². The summed E-state index contributed by atoms with van der Waals surface area (Å²) in [6, 6.07) is 10.0. The maximum Gasteiger partial charge on any atom is 0.286 e. The van der Waals surface area contributed by atoms with Crippen molar-refractivity contribution in [2.75, 3.05) is 24.5 Å². The van der Waals surface area contributed by atoms with Crippen LogP contribution in [0, 0.1) is 19.8 Å². The second kappa shape index (κ2) is 6.26. The van der Waals surface area contributed by atoms with Gasteiger partial charge in [-0.05, 0) is 61.6 Å². The lowest BCUT2D eigenvalue weighted by molar-refractivity contribution is 0.0920. The van der Waals surface area contributed by atoms with E-state index in [0.717, 1.165) is 19.5 Å². The van der Waals surface area contributed by atoms with Gasteiger partial charge in [0.15, 0.2) is 5.76 Å². The molecule has 1 fully saturated rings. The molecule has 0 saturated carbocycles. The van der Waals surface area contributed by atoms with E-state index in [0.29, 0.717) is 18.2 Å². The van der Waals surface area contributed by atoms with Crippen LogP contribution in [0.1, 0.15) is 28.1 Å². The Morgan fingerprint density at radius 1 is 1.32 bits per heavy atom. The molecule has 4 heteroatoms. The fourth-order valence-corrected chi connectivity index (χ4v) is 2.89. The molecule has 1 atom stereocenters. The molecule has 1 unspecified atom stereocenters. The largest absolute Gasteiger partial charge is 0.459 e. The van der Waals surface area contributed by atoms with E-state index in [1.54, 1.807) is 12.1 Å². The highest BCUT2D eigenvalue weighted by atomic mass is 16.3. The molecule has 1 amide bonds. The first-order chi connectivity index (χ1) is 10.6. The minimum absolute atomic E-state index is 0.130. The molecule has 0 bridgehead atoms. The Morgan fingerprint density at radius 2 is 2.18 bits per heavy atom. The third-order valence-corrected chi connectivity index (χ3v) is 4.44. The van der Waals surface area contributed by atoms with E-state index in [1.807, 2.05) is 0 Å². The average Bonchev–Trinajstić information content (AvgIpc) is 3.19. The predicted molar refractivity (Wildman–Crippen MR) is 87.3 cm³/mol. The Labute approximate surface area is 131 Å². The normalized spacial score (nSPS) is 17.7. The van der Waals surface area contributed by atoms with Crippen molar-refractivity contribution in [2.24, 2.45) is 5.92 Å². The first kappa shape index (κ1) is 14.7. The molecule has 1 aromatic carbocycles. The summed E-state index contributed by atoms with van der Waals surface area (Å²) in [5.74, 6) is 0.735. The zero-order valence-electron chi connectivity index (χ0n) is 13.1. The fourth-order valence-electron chi connectivity index (χ4n) is 2.89. The number of aryl methyl sites for hydroxylation is 2. The van der Waals surface area contributed by atoms with Gasteiger partial charge in [0.05, 0.1) is 6.26 Å². The van der Waals surface area contributed by atoms with E-state index in [1.165, 1.54) is 23.1 Å². The van der Waals surface area contributed by atoms with Gasteiger partial charge in [-0.3, -0.25) is 4.79 Å². The van der Waals surface area contributed by atoms with Gasteiger partial charge in [0.2, 0.25) is 0 Å². The van der Waals surface area contributed by atoms with Crippen molar-refractivity contribution in [3.63, 3.8) is 0 Å². The van der Waals surface area contributed by atoms with Crippen LogP contribution < -0.4 is 10.2 Å². The van der Waals surface area contributed by atoms with Crippen LogP contribution in [-0.4, -0.2) is 25.5 Å². The molecule has 3 rings (SSSR count). The van der Waals surface area contributed by atoms with Crippen LogP contribution in [-0.2, 0) is 0 Å². The summed E-state index contributed by atoms with van der Waals surface area (Å²) in [6.45, 7) is 7.01. The van der Waals surface area contributed by atoms with Gasteiger partial charge in [-0.1, -0.05) is 6.07 Å². The number of hydrogen-bond acceptors (Lipinski definition) is 3. The second-order valence-corrected chi connectivity index (χ2v) is 6.06. The predicted octanol–water partition coefficient (Wildman–Crippen LogP) is 3.15. The summed E-state index contributed by atoms with van der Waals surface area (Å²) in [5, 5.41) is 2.96. The summed E-state index contributed by atoms with van der Waals surface area (Å²) in [5.41, 5.74) is 3.93. The van der Waals surface area contributed by atoms with Crippen LogP contribution in [0.25, 0.3) is 0 Å². The molecule has 2 heterocycles. The lowest BCUT2D eigenvalue weighted by Gasteiger charge is -2.20. The number of carbonyl (C=O) groups excluding carboxylic acids is 1. The van der Waals surface area contributed by atoms with Crippen LogP contribution in [0.2, 0.25) is 0 Å². The topological polar surface area (TPSA) is 45.5 Å². The van der Waals surface area contributed by atoms with Crippen LogP contribution in [0.4, 0.5) is 5.69 Å². The number of rotatable bonds is 4. The summed E-state index contributed by atoms with van der Waals surface area (Å²) < 4.78 is 5.10. The number of nitrogens with zero attached hydrogens (tertiary/aromatic N) is 1. The molecule has 1 aliphatic heterocycles. The number of anilines is 1. The molecule has 116 valence electrons. The number of furan rings is 1. The number of hydrogen-bond donors (Lipinski definition) is 1. The van der Waals surface area contributed by atoms with Gasteiger partial charge in [-0.15, -0.1) is 0 Å². The molecular formula is C18H22N2O2. The number of nitrogens with one attached hydrogen (secondary N) is 1. The molecule has 1 aromatic heterocycles. The molecule has 4 nitrogen and oxygen atoms in total. The number of benzene rings is 1. The smallest absolute Gasteiger partial charge is 0.286 e. The minimum Gasteiger partial charge on any atom is -0.459 e. The van der Waals surface area contributed by atoms with E-state index in [-0.39, 0.29) is 5.91 Å². The van der Waals surface area contributed by atoms with Crippen LogP contribution in [0.3, 0.4) is 0 Å². The Bertz CT molecular complexity index is 649. The van der Waals surface area contributed by atoms with Crippen molar-refractivity contribution in [3.05, 3.63) is 53.5 Å². The van der Waals surface area contributed by atoms with Crippen LogP contribution >= 0.6 is 0 Å². The highest BCUT2D eigenvalue weighted by Gasteiger charge is 2.23. The first-order valence-corrected chi connectivity index (χ1v) is 7.77. The highest BCUT2D eigenvalue weighted by Crippen LogP contribution is 2.25. The second-order valence-electron chi connectivity index (χ2n) is 6.06. The number of amides is 1. The first-order valence-electron chi connectivity index (χ1n) is 7.77. The molecule has 22 heavy (non-hydrogen) atoms. The quantitative estimate of drug-likeness (QED) is 0.943. The van der Waals surface area contributed by atoms with Gasteiger partial charge in [-0.25, -0.2) is 0 Å². The average molecular weight is 298 g/mol. The molecule has 1 aliphatic rings. The van der Waals surface area contributed by atoms with Crippen LogP contribution in [0.15, 0.2) is 41.0 Å². The van der Waals surface area contributed by atoms with Gasteiger partial charge in [0.1, 0.15) is 0 Å². The zero-order valence-corrected chi connectivity index (χ0v) is 13.1. The summed E-state index contributed by atoms with van der Waals surface area (Å²) in [4.78, 5) is 14.3. The molecule has 2 aromatic rings. The van der Waals surface area contributed by atoms with Gasteiger partial charge in [-0.2, -0.15) is 0 Å². The van der Waals surface area contributed by atoms with E-state index in [9.17, 15) is 4.79 Å². The maximum absolute atomic E-state index is 11.9. The molecule has 0 spiro atoms. The van der Waals surface area contributed by atoms with Crippen molar-refractivity contribution < 1.29 is 9.21 Å². The maximum atomic E-state index is 11.9. The lowest BCUT2D eigenvalue weighted by atomic mass is 10.1. The van der Waals surface area contributed by atoms with Crippen LogP contribution in [0.5, 0.6) is 0 Å². The van der Waals surface area contributed by atoms with Crippen molar-refractivity contribution in [1.82, 2.24) is 5.32 Å². The molecule has 0 radical (unpaired) electrons. The Hall–Kier alpha value is -2.23.